The van der Waals surface area contributed by atoms with E-state index in [2.05, 4.69) is 0 Å². The lowest BCUT2D eigenvalue weighted by Gasteiger charge is -2.20. The van der Waals surface area contributed by atoms with Crippen LogP contribution in [0.25, 0.3) is 0 Å². The second-order valence-corrected chi connectivity index (χ2v) is 6.41. The van der Waals surface area contributed by atoms with Gasteiger partial charge >= 0.3 is 17.9 Å². The maximum absolute atomic E-state index is 12.1. The van der Waals surface area contributed by atoms with Gasteiger partial charge < -0.3 is 37.1 Å². The SMILES string of the molecule is NCCC[C@H](N)C(=O)OCC(COC(=O)[C@@H](N)Cc1ccccc1)OC(=O)CN. The monoisotopic (exact) mass is 410 g/mol. The van der Waals surface area contributed by atoms with E-state index in [9.17, 15) is 14.4 Å². The Morgan fingerprint density at radius 1 is 0.897 bits per heavy atom. The minimum Gasteiger partial charge on any atom is -0.460 e. The molecule has 10 heteroatoms. The van der Waals surface area contributed by atoms with Crippen molar-refractivity contribution in [1.82, 2.24) is 0 Å². The van der Waals surface area contributed by atoms with E-state index in [0.29, 0.717) is 19.4 Å². The van der Waals surface area contributed by atoms with Gasteiger partial charge in [-0.3, -0.25) is 14.4 Å². The molecule has 10 nitrogen and oxygen atoms in total. The van der Waals surface area contributed by atoms with Gasteiger partial charge in [0.1, 0.15) is 25.3 Å². The first-order valence-corrected chi connectivity index (χ1v) is 9.35. The fraction of sp³-hybridized carbons (Fsp3) is 0.526. The largest absolute Gasteiger partial charge is 0.460 e. The summed E-state index contributed by atoms with van der Waals surface area (Å²) in [5.41, 5.74) is 23.0. The first kappa shape index (κ1) is 24.5. The van der Waals surface area contributed by atoms with Gasteiger partial charge in [-0.1, -0.05) is 30.3 Å². The van der Waals surface area contributed by atoms with Crippen LogP contribution in [-0.4, -0.2) is 62.4 Å². The molecular formula is C19H30N4O6. The lowest BCUT2D eigenvalue weighted by Crippen LogP contribution is -2.40. The van der Waals surface area contributed by atoms with E-state index in [1.807, 2.05) is 30.3 Å². The summed E-state index contributed by atoms with van der Waals surface area (Å²) in [7, 11) is 0. The smallest absolute Gasteiger partial charge is 0.323 e. The highest BCUT2D eigenvalue weighted by atomic mass is 16.6. The van der Waals surface area contributed by atoms with Gasteiger partial charge in [0, 0.05) is 0 Å². The van der Waals surface area contributed by atoms with Crippen LogP contribution in [0.15, 0.2) is 30.3 Å². The Balaban J connectivity index is 2.53. The van der Waals surface area contributed by atoms with E-state index in [-0.39, 0.29) is 26.2 Å². The molecule has 29 heavy (non-hydrogen) atoms. The fourth-order valence-electron chi connectivity index (χ4n) is 2.32. The van der Waals surface area contributed by atoms with Crippen molar-refractivity contribution in [3.63, 3.8) is 0 Å². The highest BCUT2D eigenvalue weighted by Gasteiger charge is 2.23. The summed E-state index contributed by atoms with van der Waals surface area (Å²) in [5.74, 6) is -2.07. The molecule has 0 aliphatic rings. The predicted octanol–water partition coefficient (Wildman–Crippen LogP) is -1.42. The number of hydrogen-bond acceptors (Lipinski definition) is 10. The van der Waals surface area contributed by atoms with E-state index in [4.69, 9.17) is 37.1 Å². The van der Waals surface area contributed by atoms with Crippen LogP contribution in [-0.2, 0) is 35.0 Å². The molecule has 0 saturated carbocycles. The number of carbonyl (C=O) groups is 3. The maximum Gasteiger partial charge on any atom is 0.323 e. The Bertz CT molecular complexity index is 643. The van der Waals surface area contributed by atoms with E-state index in [1.54, 1.807) is 0 Å². The zero-order valence-electron chi connectivity index (χ0n) is 16.3. The molecule has 1 rings (SSSR count). The minimum atomic E-state index is -1.02. The Hall–Kier alpha value is -2.53. The van der Waals surface area contributed by atoms with Crippen LogP contribution in [0.5, 0.6) is 0 Å². The van der Waals surface area contributed by atoms with Crippen molar-refractivity contribution in [2.75, 3.05) is 26.3 Å². The van der Waals surface area contributed by atoms with Gasteiger partial charge in [0.05, 0.1) is 6.54 Å². The molecular weight excluding hydrogens is 380 g/mol. The topological polar surface area (TPSA) is 183 Å². The number of benzene rings is 1. The van der Waals surface area contributed by atoms with Gasteiger partial charge in [-0.25, -0.2) is 0 Å². The van der Waals surface area contributed by atoms with Crippen molar-refractivity contribution in [2.24, 2.45) is 22.9 Å². The predicted molar refractivity (Wildman–Crippen MR) is 105 cm³/mol. The third-order valence-corrected chi connectivity index (χ3v) is 3.91. The summed E-state index contributed by atoms with van der Waals surface area (Å²) in [6, 6.07) is 7.47. The first-order chi connectivity index (χ1) is 13.9. The van der Waals surface area contributed by atoms with Crippen LogP contribution in [0.4, 0.5) is 0 Å². The van der Waals surface area contributed by atoms with E-state index in [0.717, 1.165) is 5.56 Å². The van der Waals surface area contributed by atoms with Gasteiger partial charge in [0.15, 0.2) is 6.10 Å². The van der Waals surface area contributed by atoms with Crippen molar-refractivity contribution in [1.29, 1.82) is 0 Å². The summed E-state index contributed by atoms with van der Waals surface area (Å²) in [5, 5.41) is 0. The number of carbonyl (C=O) groups excluding carboxylic acids is 3. The van der Waals surface area contributed by atoms with E-state index < -0.39 is 36.1 Å². The molecule has 1 aromatic rings. The van der Waals surface area contributed by atoms with Crippen molar-refractivity contribution in [3.05, 3.63) is 35.9 Å². The van der Waals surface area contributed by atoms with E-state index >= 15 is 0 Å². The molecule has 0 saturated heterocycles. The number of esters is 3. The standard InChI is InChI=1S/C19H30N4O6/c20-8-4-7-15(22)18(25)27-11-14(29-17(24)10-21)12-28-19(26)16(23)9-13-5-2-1-3-6-13/h1-3,5-6,14-16H,4,7-12,20-23H2/t14?,15-,16-/m0/s1. The molecule has 0 aromatic heterocycles. The molecule has 8 N–H and O–H groups in total. The zero-order chi connectivity index (χ0) is 21.6. The molecule has 1 unspecified atom stereocenters. The molecule has 0 amide bonds. The van der Waals surface area contributed by atoms with Crippen molar-refractivity contribution < 1.29 is 28.6 Å². The van der Waals surface area contributed by atoms with Crippen LogP contribution < -0.4 is 22.9 Å². The number of nitrogens with two attached hydrogens (primary N) is 4. The Kier molecular flexibility index (Phi) is 11.5. The summed E-state index contributed by atoms with van der Waals surface area (Å²) in [6.45, 7) is -0.640. The number of rotatable bonds is 13. The third-order valence-electron chi connectivity index (χ3n) is 3.91. The average Bonchev–Trinajstić information content (AvgIpc) is 2.73. The number of ether oxygens (including phenoxy) is 3. The molecule has 0 heterocycles. The van der Waals surface area contributed by atoms with E-state index in [1.165, 1.54) is 0 Å². The Morgan fingerprint density at radius 3 is 2.03 bits per heavy atom. The zero-order valence-corrected chi connectivity index (χ0v) is 16.3. The summed E-state index contributed by atoms with van der Waals surface area (Å²) < 4.78 is 15.2. The minimum absolute atomic E-state index is 0.290. The van der Waals surface area contributed by atoms with Crippen LogP contribution in [0.1, 0.15) is 18.4 Å². The second-order valence-electron chi connectivity index (χ2n) is 6.41. The van der Waals surface area contributed by atoms with Crippen LogP contribution >= 0.6 is 0 Å². The summed E-state index contributed by atoms with van der Waals surface area (Å²) in [6.07, 6.45) is 0.201. The quantitative estimate of drug-likeness (QED) is 0.222. The van der Waals surface area contributed by atoms with Crippen LogP contribution in [0, 0.1) is 0 Å². The van der Waals surface area contributed by atoms with Crippen molar-refractivity contribution in [2.45, 2.75) is 37.5 Å². The molecule has 3 atom stereocenters. The molecule has 0 spiro atoms. The normalized spacial score (nSPS) is 13.8. The van der Waals surface area contributed by atoms with Crippen LogP contribution in [0.2, 0.25) is 0 Å². The molecule has 0 fully saturated rings. The first-order valence-electron chi connectivity index (χ1n) is 9.35. The van der Waals surface area contributed by atoms with Crippen LogP contribution in [0.3, 0.4) is 0 Å². The molecule has 0 aliphatic carbocycles. The molecule has 0 radical (unpaired) electrons. The molecule has 0 aliphatic heterocycles. The van der Waals surface area contributed by atoms with Gasteiger partial charge in [-0.05, 0) is 31.4 Å². The highest BCUT2D eigenvalue weighted by molar-refractivity contribution is 5.76. The third kappa shape index (κ3) is 9.99. The highest BCUT2D eigenvalue weighted by Crippen LogP contribution is 2.05. The molecule has 0 bridgehead atoms. The number of hydrogen-bond donors (Lipinski definition) is 4. The molecule has 162 valence electrons. The van der Waals surface area contributed by atoms with Gasteiger partial charge in [-0.2, -0.15) is 0 Å². The Morgan fingerprint density at radius 2 is 1.48 bits per heavy atom. The summed E-state index contributed by atoms with van der Waals surface area (Å²) in [4.78, 5) is 35.5. The van der Waals surface area contributed by atoms with Gasteiger partial charge in [0.2, 0.25) is 0 Å². The second kappa shape index (κ2) is 13.6. The Labute approximate surface area is 169 Å². The van der Waals surface area contributed by atoms with Gasteiger partial charge in [0.25, 0.3) is 0 Å². The lowest BCUT2D eigenvalue weighted by atomic mass is 10.1. The fourth-order valence-corrected chi connectivity index (χ4v) is 2.32. The van der Waals surface area contributed by atoms with Crippen molar-refractivity contribution >= 4 is 17.9 Å². The van der Waals surface area contributed by atoms with Gasteiger partial charge in [-0.15, -0.1) is 0 Å². The maximum atomic E-state index is 12.1. The summed E-state index contributed by atoms with van der Waals surface area (Å²) >= 11 is 0. The van der Waals surface area contributed by atoms with Crippen molar-refractivity contribution in [3.8, 4) is 0 Å². The average molecular weight is 410 g/mol. The lowest BCUT2D eigenvalue weighted by molar-refractivity contribution is -0.166. The molecule has 1 aromatic carbocycles.